The third-order valence-electron chi connectivity index (χ3n) is 7.20. The zero-order valence-electron chi connectivity index (χ0n) is 21.5. The molecule has 5 rings (SSSR count). The second-order valence-corrected chi connectivity index (χ2v) is 9.84. The fourth-order valence-corrected chi connectivity index (χ4v) is 5.08. The van der Waals surface area contributed by atoms with Gasteiger partial charge in [0.05, 0.1) is 0 Å². The van der Waals surface area contributed by atoms with Crippen LogP contribution in [0.4, 0.5) is 5.69 Å². The number of hydrogen-bond acceptors (Lipinski definition) is 4. The Kier molecular flexibility index (Phi) is 7.86. The molecule has 1 atom stereocenters. The van der Waals surface area contributed by atoms with Crippen molar-refractivity contribution in [3.05, 3.63) is 95.1 Å². The van der Waals surface area contributed by atoms with E-state index in [2.05, 4.69) is 51.4 Å². The number of aromatic amines is 1. The predicted molar refractivity (Wildman–Crippen MR) is 155 cm³/mol. The Bertz CT molecular complexity index is 1370. The van der Waals surface area contributed by atoms with Gasteiger partial charge in [-0.15, -0.1) is 0 Å². The zero-order chi connectivity index (χ0) is 25.6. The summed E-state index contributed by atoms with van der Waals surface area (Å²) in [6, 6.07) is 24.7. The summed E-state index contributed by atoms with van der Waals surface area (Å²) >= 11 is 0. The number of nitrogens with zero attached hydrogens (tertiary/aromatic N) is 2. The van der Waals surface area contributed by atoms with Crippen molar-refractivity contribution in [3.8, 4) is 5.88 Å². The van der Waals surface area contributed by atoms with Gasteiger partial charge in [0.15, 0.2) is 0 Å². The van der Waals surface area contributed by atoms with Gasteiger partial charge in [0.2, 0.25) is 0 Å². The molecule has 0 saturated carbocycles. The number of H-pyrrole nitrogens is 1. The van der Waals surface area contributed by atoms with Gasteiger partial charge in [-0.2, -0.15) is 0 Å². The summed E-state index contributed by atoms with van der Waals surface area (Å²) in [6.45, 7) is 5.50. The second-order valence-electron chi connectivity index (χ2n) is 9.84. The molecule has 3 N–H and O–H groups in total. The van der Waals surface area contributed by atoms with E-state index in [0.717, 1.165) is 35.1 Å². The summed E-state index contributed by atoms with van der Waals surface area (Å²) in [5.74, 6) is 0.0971. The molecule has 4 aromatic rings. The van der Waals surface area contributed by atoms with Crippen LogP contribution in [0.25, 0.3) is 10.9 Å². The second kappa shape index (κ2) is 11.6. The summed E-state index contributed by atoms with van der Waals surface area (Å²) in [5, 5.41) is 14.9. The quantitative estimate of drug-likeness (QED) is 0.200. The monoisotopic (exact) mass is 489 g/mol. The number of aromatic nitrogens is 1. The van der Waals surface area contributed by atoms with Gasteiger partial charge in [0, 0.05) is 0 Å². The van der Waals surface area contributed by atoms with E-state index in [9.17, 15) is 5.11 Å². The van der Waals surface area contributed by atoms with E-state index >= 15 is 0 Å². The van der Waals surface area contributed by atoms with Crippen molar-refractivity contribution in [3.63, 3.8) is 0 Å². The van der Waals surface area contributed by atoms with Crippen LogP contribution in [-0.2, 0) is 6.54 Å². The molecule has 6 heteroatoms. The summed E-state index contributed by atoms with van der Waals surface area (Å²) in [5.41, 5.74) is 6.32. The predicted octanol–water partition coefficient (Wildman–Crippen LogP) is 6.00. The third-order valence-corrected chi connectivity index (χ3v) is 7.20. The van der Waals surface area contributed by atoms with Crippen LogP contribution in [0.5, 0.6) is 5.88 Å². The number of rotatable bonds is 9. The molecule has 0 amide bonds. The number of fused-ring (bicyclic) bond motifs is 1. The number of hydrogen-bond donors (Lipinski definition) is 3. The Labute approximate surface area is 220 Å². The van der Waals surface area contributed by atoms with Crippen molar-refractivity contribution in [2.45, 2.75) is 45.2 Å². The normalized spacial score (nSPS) is 15.2. The Morgan fingerprint density at radius 3 is 2.54 bits per heavy atom. The van der Waals surface area contributed by atoms with Crippen LogP contribution in [0, 0.1) is 0 Å². The molecular formula is C31H34BN4O. The molecule has 0 unspecified atom stereocenters. The summed E-state index contributed by atoms with van der Waals surface area (Å²) in [7, 11) is 6.50. The molecule has 1 fully saturated rings. The number of benzene rings is 3. The van der Waals surface area contributed by atoms with Crippen molar-refractivity contribution >= 4 is 35.9 Å². The van der Waals surface area contributed by atoms with Crippen LogP contribution in [0.3, 0.4) is 0 Å². The van der Waals surface area contributed by atoms with E-state index in [1.165, 1.54) is 43.5 Å². The molecule has 1 radical (unpaired) electrons. The van der Waals surface area contributed by atoms with E-state index in [-0.39, 0.29) is 11.9 Å². The van der Waals surface area contributed by atoms with Gasteiger partial charge in [0.25, 0.3) is 0 Å². The van der Waals surface area contributed by atoms with Crippen LogP contribution < -0.4 is 5.32 Å². The number of nitrogens with one attached hydrogen (secondary N) is 2. The van der Waals surface area contributed by atoms with Gasteiger partial charge in [0.1, 0.15) is 0 Å². The van der Waals surface area contributed by atoms with E-state index in [1.54, 1.807) is 6.21 Å². The molecule has 0 spiro atoms. The molecule has 0 aliphatic carbocycles. The first-order valence-corrected chi connectivity index (χ1v) is 13.2. The first-order valence-electron chi connectivity index (χ1n) is 13.2. The Hall–Kier alpha value is -3.64. The van der Waals surface area contributed by atoms with Gasteiger partial charge in [-0.25, -0.2) is 0 Å². The average Bonchev–Trinajstić information content (AvgIpc) is 3.26. The van der Waals surface area contributed by atoms with Crippen molar-refractivity contribution in [2.75, 3.05) is 13.1 Å². The molecule has 187 valence electrons. The van der Waals surface area contributed by atoms with Crippen LogP contribution in [0.2, 0.25) is 0 Å². The van der Waals surface area contributed by atoms with E-state index in [1.807, 2.05) is 48.5 Å². The van der Waals surface area contributed by atoms with Crippen LogP contribution in [0.1, 0.15) is 60.9 Å². The Balaban J connectivity index is 1.32. The van der Waals surface area contributed by atoms with E-state index in [4.69, 9.17) is 7.49 Å². The van der Waals surface area contributed by atoms with Gasteiger partial charge >= 0.3 is 183 Å². The molecule has 5 nitrogen and oxygen atoms in total. The van der Waals surface area contributed by atoms with Crippen molar-refractivity contribution < 1.29 is 5.11 Å². The van der Waals surface area contributed by atoms with E-state index in [0.29, 0.717) is 11.2 Å². The Morgan fingerprint density at radius 2 is 1.81 bits per heavy atom. The summed E-state index contributed by atoms with van der Waals surface area (Å²) in [4.78, 5) is 10.2. The van der Waals surface area contributed by atoms with Crippen LogP contribution >= 0.6 is 0 Å². The number of likely N-dealkylation sites (tertiary alicyclic amines) is 1. The van der Waals surface area contributed by atoms with E-state index < -0.39 is 0 Å². The molecule has 1 aliphatic heterocycles. The molecule has 1 aliphatic rings. The first-order chi connectivity index (χ1) is 18.1. The summed E-state index contributed by atoms with van der Waals surface area (Å²) in [6.07, 6.45) is 6.57. The molecule has 2 heterocycles. The molecule has 3 aromatic carbocycles. The molecule has 1 aromatic heterocycles. The van der Waals surface area contributed by atoms with Crippen LogP contribution in [-0.4, -0.2) is 47.4 Å². The zero-order valence-corrected chi connectivity index (χ0v) is 21.5. The van der Waals surface area contributed by atoms with Crippen molar-refractivity contribution in [1.82, 2.24) is 15.2 Å². The molecule has 0 bridgehead atoms. The minimum absolute atomic E-state index is 0.0971. The molecule has 1 saturated heterocycles. The molecular weight excluding hydrogens is 455 g/mol. The van der Waals surface area contributed by atoms with Gasteiger partial charge in [-0.05, 0) is 25.9 Å². The number of aromatic hydroxyl groups is 1. The van der Waals surface area contributed by atoms with Gasteiger partial charge in [-0.1, -0.05) is 6.42 Å². The average molecular weight is 489 g/mol. The first kappa shape index (κ1) is 25.0. The maximum atomic E-state index is 10.6. The SMILES string of the molecule is [B]=C(N[C@H](CC)c1ccccc1)c1ccc2[nH]c(O)c(C=Nc3ccc(CN4CCCCC4)cc3)c2c1. The topological polar surface area (TPSA) is 63.6 Å². The number of piperidine rings is 1. The van der Waals surface area contributed by atoms with Crippen molar-refractivity contribution in [2.24, 2.45) is 4.99 Å². The van der Waals surface area contributed by atoms with Gasteiger partial charge in [-0.3, -0.25) is 4.90 Å². The fraction of sp³-hybridized carbons (Fsp3) is 0.290. The minimum atomic E-state index is 0.0971. The summed E-state index contributed by atoms with van der Waals surface area (Å²) < 4.78 is 0. The molecule has 37 heavy (non-hydrogen) atoms. The Morgan fingerprint density at radius 1 is 1.05 bits per heavy atom. The fourth-order valence-electron chi connectivity index (χ4n) is 5.08. The number of aliphatic imine (C=N–C) groups is 1. The standard InChI is InChI=1S/C31H34BN4O/c1-2-28(23-9-5-3-6-10-23)34-30(32)24-13-16-29-26(19-24)27(31(37)35-29)20-33-25-14-11-22(12-15-25)21-36-17-7-4-8-18-36/h3,5-6,9-16,19-20,28,34-35,37H,2,4,7-8,17-18,21H2,1H3/t28-/m1/s1. The maximum absolute atomic E-state index is 10.6. The van der Waals surface area contributed by atoms with Gasteiger partial charge < -0.3 is 0 Å². The van der Waals surface area contributed by atoms with Crippen LogP contribution in [0.15, 0.2) is 77.8 Å². The third kappa shape index (κ3) is 6.03. The van der Waals surface area contributed by atoms with Crippen molar-refractivity contribution in [1.29, 1.82) is 0 Å².